The first-order valence-electron chi connectivity index (χ1n) is 6.86. The van der Waals surface area contributed by atoms with Crippen LogP contribution in [0.1, 0.15) is 44.1 Å². The molecular formula is C15H20N2O. The van der Waals surface area contributed by atoms with Crippen molar-refractivity contribution < 1.29 is 4.42 Å². The largest absolute Gasteiger partial charge is 0.439 e. The van der Waals surface area contributed by atoms with Gasteiger partial charge in [0, 0.05) is 0 Å². The summed E-state index contributed by atoms with van der Waals surface area (Å²) in [6, 6.07) is 6.20. The highest BCUT2D eigenvalue weighted by atomic mass is 16.4. The zero-order valence-electron chi connectivity index (χ0n) is 11.1. The molecule has 2 heterocycles. The first kappa shape index (κ1) is 11.7. The summed E-state index contributed by atoms with van der Waals surface area (Å²) in [6.07, 6.45) is 4.58. The Kier molecular flexibility index (Phi) is 2.86. The molecule has 3 rings (SSSR count). The Morgan fingerprint density at radius 3 is 3.06 bits per heavy atom. The van der Waals surface area contributed by atoms with Crippen LogP contribution in [0.25, 0.3) is 11.1 Å². The first-order chi connectivity index (χ1) is 8.73. The number of benzene rings is 1. The van der Waals surface area contributed by atoms with E-state index in [1.807, 2.05) is 6.07 Å². The molecule has 3 nitrogen and oxygen atoms in total. The molecule has 0 amide bonds. The SMILES string of the molecule is CCCC1(c2nc3ccc(C)cc3o2)CCCN1. The molecule has 1 fully saturated rings. The summed E-state index contributed by atoms with van der Waals surface area (Å²) in [5.74, 6) is 0.877. The molecule has 0 saturated carbocycles. The van der Waals surface area contributed by atoms with Crippen LogP contribution in [-0.4, -0.2) is 11.5 Å². The summed E-state index contributed by atoms with van der Waals surface area (Å²) in [7, 11) is 0. The lowest BCUT2D eigenvalue weighted by Gasteiger charge is -2.25. The highest BCUT2D eigenvalue weighted by molar-refractivity contribution is 5.73. The fraction of sp³-hybridized carbons (Fsp3) is 0.533. The van der Waals surface area contributed by atoms with E-state index in [9.17, 15) is 0 Å². The molecule has 2 aromatic rings. The molecule has 1 N–H and O–H groups in total. The highest BCUT2D eigenvalue weighted by Gasteiger charge is 2.38. The van der Waals surface area contributed by atoms with Crippen LogP contribution in [0.5, 0.6) is 0 Å². The quantitative estimate of drug-likeness (QED) is 0.897. The first-order valence-corrected chi connectivity index (χ1v) is 6.86. The lowest BCUT2D eigenvalue weighted by molar-refractivity contribution is 0.279. The molecule has 18 heavy (non-hydrogen) atoms. The average Bonchev–Trinajstić information content (AvgIpc) is 2.95. The second-order valence-corrected chi connectivity index (χ2v) is 5.35. The third-order valence-electron chi connectivity index (χ3n) is 3.87. The van der Waals surface area contributed by atoms with Crippen molar-refractivity contribution in [2.24, 2.45) is 0 Å². The van der Waals surface area contributed by atoms with E-state index in [1.165, 1.54) is 12.0 Å². The Balaban J connectivity index is 2.06. The van der Waals surface area contributed by atoms with Gasteiger partial charge in [0.15, 0.2) is 5.58 Å². The van der Waals surface area contributed by atoms with Crippen molar-refractivity contribution in [3.63, 3.8) is 0 Å². The molecule has 1 aliphatic heterocycles. The Labute approximate surface area is 108 Å². The minimum Gasteiger partial charge on any atom is -0.439 e. The predicted molar refractivity (Wildman–Crippen MR) is 72.6 cm³/mol. The normalized spacial score (nSPS) is 23.9. The summed E-state index contributed by atoms with van der Waals surface area (Å²) in [4.78, 5) is 4.70. The lowest BCUT2D eigenvalue weighted by Crippen LogP contribution is -2.36. The summed E-state index contributed by atoms with van der Waals surface area (Å²) in [6.45, 7) is 5.36. The van der Waals surface area contributed by atoms with Gasteiger partial charge in [0.05, 0.1) is 5.54 Å². The summed E-state index contributed by atoms with van der Waals surface area (Å²) >= 11 is 0. The van der Waals surface area contributed by atoms with Gasteiger partial charge in [0.1, 0.15) is 5.52 Å². The smallest absolute Gasteiger partial charge is 0.215 e. The monoisotopic (exact) mass is 244 g/mol. The molecule has 1 saturated heterocycles. The predicted octanol–water partition coefficient (Wildman–Crippen LogP) is 3.52. The second kappa shape index (κ2) is 4.39. The number of hydrogen-bond donors (Lipinski definition) is 1. The van der Waals surface area contributed by atoms with Crippen LogP contribution in [0.15, 0.2) is 22.6 Å². The molecule has 1 aromatic carbocycles. The Morgan fingerprint density at radius 1 is 1.44 bits per heavy atom. The van der Waals surface area contributed by atoms with Crippen molar-refractivity contribution in [1.29, 1.82) is 0 Å². The second-order valence-electron chi connectivity index (χ2n) is 5.35. The molecular weight excluding hydrogens is 224 g/mol. The van der Waals surface area contributed by atoms with Crippen LogP contribution in [0.4, 0.5) is 0 Å². The van der Waals surface area contributed by atoms with Crippen LogP contribution >= 0.6 is 0 Å². The van der Waals surface area contributed by atoms with E-state index in [-0.39, 0.29) is 5.54 Å². The van der Waals surface area contributed by atoms with Crippen molar-refractivity contribution >= 4 is 11.1 Å². The van der Waals surface area contributed by atoms with E-state index in [1.54, 1.807) is 0 Å². The maximum absolute atomic E-state index is 6.02. The number of hydrogen-bond acceptors (Lipinski definition) is 3. The van der Waals surface area contributed by atoms with Gasteiger partial charge in [0.25, 0.3) is 0 Å². The maximum atomic E-state index is 6.02. The molecule has 1 aromatic heterocycles. The van der Waals surface area contributed by atoms with E-state index in [4.69, 9.17) is 9.40 Å². The van der Waals surface area contributed by atoms with E-state index < -0.39 is 0 Å². The fourth-order valence-electron chi connectivity index (χ4n) is 2.97. The Hall–Kier alpha value is -1.35. The number of rotatable bonds is 3. The molecule has 1 unspecified atom stereocenters. The average molecular weight is 244 g/mol. The number of fused-ring (bicyclic) bond motifs is 1. The molecule has 1 aliphatic rings. The molecule has 0 bridgehead atoms. The van der Waals surface area contributed by atoms with Gasteiger partial charge in [0.2, 0.25) is 5.89 Å². The third-order valence-corrected chi connectivity index (χ3v) is 3.87. The molecule has 0 radical (unpaired) electrons. The molecule has 0 spiro atoms. The third kappa shape index (κ3) is 1.83. The van der Waals surface area contributed by atoms with E-state index in [2.05, 4.69) is 31.3 Å². The minimum absolute atomic E-state index is 0.0261. The number of nitrogens with one attached hydrogen (secondary N) is 1. The van der Waals surface area contributed by atoms with Crippen LogP contribution in [0.2, 0.25) is 0 Å². The van der Waals surface area contributed by atoms with E-state index >= 15 is 0 Å². The van der Waals surface area contributed by atoms with Crippen LogP contribution < -0.4 is 5.32 Å². The zero-order valence-corrected chi connectivity index (χ0v) is 11.1. The molecule has 0 aliphatic carbocycles. The Bertz CT molecular complexity index is 553. The standard InChI is InChI=1S/C15H20N2O/c1-3-7-15(8-4-9-16-15)14-17-12-6-5-11(2)10-13(12)18-14/h5-6,10,16H,3-4,7-9H2,1-2H3. The van der Waals surface area contributed by atoms with E-state index in [0.717, 1.165) is 42.8 Å². The van der Waals surface area contributed by atoms with Gasteiger partial charge in [-0.15, -0.1) is 0 Å². The number of aryl methyl sites for hydroxylation is 1. The van der Waals surface area contributed by atoms with Crippen LogP contribution in [0.3, 0.4) is 0 Å². The van der Waals surface area contributed by atoms with Gasteiger partial charge >= 0.3 is 0 Å². The topological polar surface area (TPSA) is 38.1 Å². The number of oxazole rings is 1. The van der Waals surface area contributed by atoms with Crippen molar-refractivity contribution in [1.82, 2.24) is 10.3 Å². The van der Waals surface area contributed by atoms with Gasteiger partial charge in [-0.1, -0.05) is 19.4 Å². The van der Waals surface area contributed by atoms with Crippen LogP contribution in [0, 0.1) is 6.92 Å². The number of aromatic nitrogens is 1. The summed E-state index contributed by atoms with van der Waals surface area (Å²) < 4.78 is 6.02. The summed E-state index contributed by atoms with van der Waals surface area (Å²) in [5.41, 5.74) is 3.07. The minimum atomic E-state index is -0.0261. The van der Waals surface area contributed by atoms with Crippen LogP contribution in [-0.2, 0) is 5.54 Å². The Morgan fingerprint density at radius 2 is 2.33 bits per heavy atom. The molecule has 1 atom stereocenters. The highest BCUT2D eigenvalue weighted by Crippen LogP contribution is 2.36. The molecule has 3 heteroatoms. The van der Waals surface area contributed by atoms with Gasteiger partial charge in [-0.05, 0) is 50.4 Å². The fourth-order valence-corrected chi connectivity index (χ4v) is 2.97. The summed E-state index contributed by atoms with van der Waals surface area (Å²) in [5, 5.41) is 3.61. The van der Waals surface area contributed by atoms with Gasteiger partial charge in [-0.2, -0.15) is 0 Å². The van der Waals surface area contributed by atoms with Gasteiger partial charge in [-0.25, -0.2) is 4.98 Å². The maximum Gasteiger partial charge on any atom is 0.215 e. The van der Waals surface area contributed by atoms with Crippen molar-refractivity contribution in [3.8, 4) is 0 Å². The van der Waals surface area contributed by atoms with Gasteiger partial charge < -0.3 is 9.73 Å². The lowest BCUT2D eigenvalue weighted by atomic mass is 9.92. The van der Waals surface area contributed by atoms with Gasteiger partial charge in [-0.3, -0.25) is 0 Å². The zero-order chi connectivity index (χ0) is 12.6. The van der Waals surface area contributed by atoms with E-state index in [0.29, 0.717) is 0 Å². The van der Waals surface area contributed by atoms with Crippen molar-refractivity contribution in [2.75, 3.05) is 6.54 Å². The van der Waals surface area contributed by atoms with Crippen molar-refractivity contribution in [2.45, 2.75) is 45.1 Å². The number of nitrogens with zero attached hydrogens (tertiary/aromatic N) is 1. The van der Waals surface area contributed by atoms with Crippen molar-refractivity contribution in [3.05, 3.63) is 29.7 Å². The molecule has 96 valence electrons.